The predicted molar refractivity (Wildman–Crippen MR) is 73.2 cm³/mol. The van der Waals surface area contributed by atoms with E-state index in [0.29, 0.717) is 17.3 Å². The topological polar surface area (TPSA) is 74.7 Å². The standard InChI is InChI=1S/C12H13BrFNO4S/c13-9-3-4-10(14)11(6-9)20(18,19)15-5-1-2-8(7-15)12(16)17/h3-4,6,8H,1-2,5,7H2,(H,16,17). The van der Waals surface area contributed by atoms with E-state index in [-0.39, 0.29) is 13.1 Å². The molecule has 20 heavy (non-hydrogen) atoms. The average Bonchev–Trinajstić information content (AvgIpc) is 2.41. The van der Waals surface area contributed by atoms with Crippen molar-refractivity contribution >= 4 is 31.9 Å². The molecule has 0 radical (unpaired) electrons. The highest BCUT2D eigenvalue weighted by molar-refractivity contribution is 9.10. The number of rotatable bonds is 3. The first-order valence-electron chi connectivity index (χ1n) is 6.00. The molecular weight excluding hydrogens is 353 g/mol. The summed E-state index contributed by atoms with van der Waals surface area (Å²) in [5.74, 6) is -2.61. The molecule has 1 aliphatic rings. The van der Waals surface area contributed by atoms with Crippen molar-refractivity contribution in [1.29, 1.82) is 0 Å². The Bertz CT molecular complexity index is 634. The highest BCUT2D eigenvalue weighted by atomic mass is 79.9. The molecule has 2 rings (SSSR count). The van der Waals surface area contributed by atoms with Crippen molar-refractivity contribution in [2.75, 3.05) is 13.1 Å². The van der Waals surface area contributed by atoms with Crippen LogP contribution in [-0.4, -0.2) is 36.9 Å². The fraction of sp³-hybridized carbons (Fsp3) is 0.417. The minimum absolute atomic E-state index is 0.121. The molecular formula is C12H13BrFNO4S. The van der Waals surface area contributed by atoms with E-state index in [0.717, 1.165) is 10.4 Å². The molecule has 1 aliphatic heterocycles. The highest BCUT2D eigenvalue weighted by Gasteiger charge is 2.34. The number of sulfonamides is 1. The molecule has 1 aromatic carbocycles. The molecule has 0 saturated carbocycles. The lowest BCUT2D eigenvalue weighted by Gasteiger charge is -2.29. The van der Waals surface area contributed by atoms with Gasteiger partial charge in [0.25, 0.3) is 0 Å². The third-order valence-corrected chi connectivity index (χ3v) is 5.62. The van der Waals surface area contributed by atoms with Crippen LogP contribution in [0.5, 0.6) is 0 Å². The molecule has 0 aliphatic carbocycles. The van der Waals surface area contributed by atoms with Crippen molar-refractivity contribution in [2.24, 2.45) is 5.92 Å². The molecule has 0 aromatic heterocycles. The summed E-state index contributed by atoms with van der Waals surface area (Å²) in [5, 5.41) is 8.99. The van der Waals surface area contributed by atoms with Gasteiger partial charge in [-0.05, 0) is 31.0 Å². The minimum atomic E-state index is -4.02. The third-order valence-electron chi connectivity index (χ3n) is 3.24. The lowest BCUT2D eigenvalue weighted by Crippen LogP contribution is -2.42. The molecule has 110 valence electrons. The van der Waals surface area contributed by atoms with E-state index in [1.165, 1.54) is 12.1 Å². The van der Waals surface area contributed by atoms with Gasteiger partial charge in [-0.1, -0.05) is 15.9 Å². The summed E-state index contributed by atoms with van der Waals surface area (Å²) in [6.45, 7) is 0.0850. The van der Waals surface area contributed by atoms with Gasteiger partial charge in [0.05, 0.1) is 5.92 Å². The Morgan fingerprint density at radius 2 is 2.15 bits per heavy atom. The average molecular weight is 366 g/mol. The number of hydrogen-bond acceptors (Lipinski definition) is 3. The van der Waals surface area contributed by atoms with Crippen LogP contribution in [0.3, 0.4) is 0 Å². The normalized spacial score (nSPS) is 20.8. The molecule has 1 fully saturated rings. The maximum Gasteiger partial charge on any atom is 0.307 e. The van der Waals surface area contributed by atoms with E-state index < -0.39 is 32.6 Å². The van der Waals surface area contributed by atoms with E-state index in [1.54, 1.807) is 0 Å². The Morgan fingerprint density at radius 3 is 2.80 bits per heavy atom. The van der Waals surface area contributed by atoms with Crippen LogP contribution in [0.4, 0.5) is 4.39 Å². The first kappa shape index (κ1) is 15.4. The molecule has 5 nitrogen and oxygen atoms in total. The number of carboxylic acid groups (broad SMARTS) is 1. The third kappa shape index (κ3) is 3.02. The Hall–Kier alpha value is -0.990. The second kappa shape index (κ2) is 5.79. The number of carbonyl (C=O) groups is 1. The van der Waals surface area contributed by atoms with Crippen molar-refractivity contribution in [3.8, 4) is 0 Å². The zero-order valence-corrected chi connectivity index (χ0v) is 12.8. The Balaban J connectivity index is 2.35. The number of hydrogen-bond donors (Lipinski definition) is 1. The molecule has 0 amide bonds. The predicted octanol–water partition coefficient (Wildman–Crippen LogP) is 2.07. The van der Waals surface area contributed by atoms with Gasteiger partial charge in [0.15, 0.2) is 0 Å². The van der Waals surface area contributed by atoms with Crippen molar-refractivity contribution in [2.45, 2.75) is 17.7 Å². The van der Waals surface area contributed by atoms with Gasteiger partial charge < -0.3 is 5.11 Å². The first-order valence-corrected chi connectivity index (χ1v) is 8.23. The lowest BCUT2D eigenvalue weighted by molar-refractivity contribution is -0.142. The second-order valence-corrected chi connectivity index (χ2v) is 7.44. The van der Waals surface area contributed by atoms with Crippen LogP contribution in [0.2, 0.25) is 0 Å². The highest BCUT2D eigenvalue weighted by Crippen LogP contribution is 2.27. The van der Waals surface area contributed by atoms with E-state index >= 15 is 0 Å². The van der Waals surface area contributed by atoms with Gasteiger partial charge in [-0.3, -0.25) is 4.79 Å². The lowest BCUT2D eigenvalue weighted by atomic mass is 10.0. The van der Waals surface area contributed by atoms with Crippen LogP contribution in [0, 0.1) is 11.7 Å². The number of piperidine rings is 1. The summed E-state index contributed by atoms with van der Waals surface area (Å²) in [4.78, 5) is 10.5. The molecule has 0 bridgehead atoms. The van der Waals surface area contributed by atoms with Crippen LogP contribution >= 0.6 is 15.9 Å². The van der Waals surface area contributed by atoms with Crippen molar-refractivity contribution in [3.63, 3.8) is 0 Å². The van der Waals surface area contributed by atoms with Crippen LogP contribution in [0.15, 0.2) is 27.6 Å². The zero-order valence-electron chi connectivity index (χ0n) is 10.4. The molecule has 1 aromatic rings. The Labute approximate surface area is 124 Å². The van der Waals surface area contributed by atoms with E-state index in [9.17, 15) is 17.6 Å². The van der Waals surface area contributed by atoms with Gasteiger partial charge in [0.1, 0.15) is 10.7 Å². The maximum atomic E-state index is 13.7. The van der Waals surface area contributed by atoms with Crippen molar-refractivity contribution in [3.05, 3.63) is 28.5 Å². The van der Waals surface area contributed by atoms with Gasteiger partial charge in [-0.25, -0.2) is 12.8 Å². The van der Waals surface area contributed by atoms with Crippen LogP contribution in [-0.2, 0) is 14.8 Å². The fourth-order valence-corrected chi connectivity index (χ4v) is 4.30. The summed E-state index contributed by atoms with van der Waals surface area (Å²) in [6, 6.07) is 3.66. The summed E-state index contributed by atoms with van der Waals surface area (Å²) in [6.07, 6.45) is 0.883. The van der Waals surface area contributed by atoms with Gasteiger partial charge in [-0.2, -0.15) is 4.31 Å². The molecule has 8 heteroatoms. The number of benzene rings is 1. The molecule has 1 heterocycles. The molecule has 0 spiro atoms. The van der Waals surface area contributed by atoms with Crippen molar-refractivity contribution in [1.82, 2.24) is 4.31 Å². The summed E-state index contributed by atoms with van der Waals surface area (Å²) in [7, 11) is -4.02. The Kier molecular flexibility index (Phi) is 4.46. The van der Waals surface area contributed by atoms with E-state index in [4.69, 9.17) is 5.11 Å². The van der Waals surface area contributed by atoms with Gasteiger partial charge in [0, 0.05) is 17.6 Å². The fourth-order valence-electron chi connectivity index (χ4n) is 2.18. The zero-order chi connectivity index (χ0) is 14.9. The molecule has 1 atom stereocenters. The quantitative estimate of drug-likeness (QED) is 0.889. The first-order chi connectivity index (χ1) is 9.32. The van der Waals surface area contributed by atoms with Crippen LogP contribution in [0.25, 0.3) is 0 Å². The van der Waals surface area contributed by atoms with Gasteiger partial charge in [-0.15, -0.1) is 0 Å². The van der Waals surface area contributed by atoms with Gasteiger partial charge in [0.2, 0.25) is 10.0 Å². The van der Waals surface area contributed by atoms with Crippen LogP contribution in [0.1, 0.15) is 12.8 Å². The van der Waals surface area contributed by atoms with E-state index in [2.05, 4.69) is 15.9 Å². The van der Waals surface area contributed by atoms with Crippen LogP contribution < -0.4 is 0 Å². The van der Waals surface area contributed by atoms with Crippen molar-refractivity contribution < 1.29 is 22.7 Å². The Morgan fingerprint density at radius 1 is 1.45 bits per heavy atom. The molecule has 1 unspecified atom stereocenters. The number of nitrogens with zero attached hydrogens (tertiary/aromatic N) is 1. The summed E-state index contributed by atoms with van der Waals surface area (Å²) in [5.41, 5.74) is 0. The number of aliphatic carboxylic acids is 1. The summed E-state index contributed by atoms with van der Waals surface area (Å²) < 4.78 is 40.0. The van der Waals surface area contributed by atoms with Gasteiger partial charge >= 0.3 is 5.97 Å². The SMILES string of the molecule is O=C(O)C1CCCN(S(=O)(=O)c2cc(Br)ccc2F)C1. The molecule has 1 saturated heterocycles. The smallest absolute Gasteiger partial charge is 0.307 e. The number of halogens is 2. The van der Waals surface area contributed by atoms with E-state index in [1.807, 2.05) is 0 Å². The maximum absolute atomic E-state index is 13.7. The second-order valence-electron chi connectivity index (χ2n) is 4.62. The minimum Gasteiger partial charge on any atom is -0.481 e. The monoisotopic (exact) mass is 365 g/mol. The number of carboxylic acids is 1. The molecule has 1 N–H and O–H groups in total. The largest absolute Gasteiger partial charge is 0.481 e. The summed E-state index contributed by atoms with van der Waals surface area (Å²) >= 11 is 3.10.